The number of thiophene rings is 1. The van der Waals surface area contributed by atoms with Crippen LogP contribution in [-0.2, 0) is 6.61 Å². The summed E-state index contributed by atoms with van der Waals surface area (Å²) in [6.45, 7) is 4.86. The molecule has 15 heavy (non-hydrogen) atoms. The molecule has 2 aromatic rings. The van der Waals surface area contributed by atoms with Crippen molar-refractivity contribution < 1.29 is 4.74 Å². The summed E-state index contributed by atoms with van der Waals surface area (Å²) in [5.74, 6) is 0.987. The van der Waals surface area contributed by atoms with Crippen LogP contribution in [0.2, 0.25) is 0 Å². The Bertz CT molecular complexity index is 432. The van der Waals surface area contributed by atoms with Crippen molar-refractivity contribution >= 4 is 11.3 Å². The third-order valence-electron chi connectivity index (χ3n) is 2.53. The van der Waals surface area contributed by atoms with Gasteiger partial charge in [-0.1, -0.05) is 12.1 Å². The van der Waals surface area contributed by atoms with E-state index in [-0.39, 0.29) is 0 Å². The molecule has 1 nitrogen and oxygen atoms in total. The van der Waals surface area contributed by atoms with Crippen LogP contribution in [-0.4, -0.2) is 0 Å². The van der Waals surface area contributed by atoms with Crippen LogP contribution in [0.15, 0.2) is 35.0 Å². The average molecular weight is 218 g/mol. The van der Waals surface area contributed by atoms with Crippen molar-refractivity contribution in [3.05, 3.63) is 51.7 Å². The smallest absolute Gasteiger partial charge is 0.122 e. The Hall–Kier alpha value is -1.28. The number of ether oxygens (including phenoxy) is 1. The van der Waals surface area contributed by atoms with E-state index >= 15 is 0 Å². The van der Waals surface area contributed by atoms with Gasteiger partial charge in [-0.05, 0) is 53.4 Å². The second-order valence-electron chi connectivity index (χ2n) is 3.62. The average Bonchev–Trinajstić information content (AvgIpc) is 2.73. The topological polar surface area (TPSA) is 9.23 Å². The van der Waals surface area contributed by atoms with Gasteiger partial charge in [0.15, 0.2) is 0 Å². The molecule has 1 aromatic heterocycles. The second-order valence-corrected chi connectivity index (χ2v) is 4.40. The Morgan fingerprint density at radius 2 is 2.07 bits per heavy atom. The van der Waals surface area contributed by atoms with Crippen molar-refractivity contribution in [1.82, 2.24) is 0 Å². The van der Waals surface area contributed by atoms with Gasteiger partial charge in [-0.3, -0.25) is 0 Å². The van der Waals surface area contributed by atoms with Crippen molar-refractivity contribution in [2.75, 3.05) is 0 Å². The molecular weight excluding hydrogens is 204 g/mol. The fraction of sp³-hybridized carbons (Fsp3) is 0.231. The predicted octanol–water partition coefficient (Wildman–Crippen LogP) is 3.94. The van der Waals surface area contributed by atoms with Crippen LogP contribution in [0.4, 0.5) is 0 Å². The van der Waals surface area contributed by atoms with Gasteiger partial charge in [0.05, 0.1) is 0 Å². The number of aryl methyl sites for hydroxylation is 1. The minimum absolute atomic E-state index is 0.661. The predicted molar refractivity (Wildman–Crippen MR) is 64.6 cm³/mol. The van der Waals surface area contributed by atoms with Crippen molar-refractivity contribution in [2.45, 2.75) is 20.5 Å². The summed E-state index contributed by atoms with van der Waals surface area (Å²) >= 11 is 1.70. The lowest BCUT2D eigenvalue weighted by Gasteiger charge is -2.09. The molecule has 0 bridgehead atoms. The van der Waals surface area contributed by atoms with Crippen LogP contribution in [0.1, 0.15) is 16.7 Å². The molecule has 0 N–H and O–H groups in total. The van der Waals surface area contributed by atoms with Gasteiger partial charge >= 0.3 is 0 Å². The molecule has 2 rings (SSSR count). The van der Waals surface area contributed by atoms with Crippen molar-refractivity contribution in [3.63, 3.8) is 0 Å². The van der Waals surface area contributed by atoms with Crippen LogP contribution in [0, 0.1) is 13.8 Å². The first kappa shape index (κ1) is 10.2. The molecule has 2 heteroatoms. The lowest BCUT2D eigenvalue weighted by Crippen LogP contribution is -1.96. The number of hydrogen-bond acceptors (Lipinski definition) is 2. The van der Waals surface area contributed by atoms with Gasteiger partial charge in [-0.2, -0.15) is 11.3 Å². The molecule has 0 saturated carbocycles. The molecule has 0 saturated heterocycles. The maximum absolute atomic E-state index is 5.77. The van der Waals surface area contributed by atoms with Gasteiger partial charge in [-0.25, -0.2) is 0 Å². The maximum Gasteiger partial charge on any atom is 0.122 e. The molecule has 0 aliphatic rings. The van der Waals surface area contributed by atoms with Gasteiger partial charge in [0.25, 0.3) is 0 Å². The Labute approximate surface area is 94.3 Å². The minimum atomic E-state index is 0.661. The summed E-state index contributed by atoms with van der Waals surface area (Å²) in [6.07, 6.45) is 0. The minimum Gasteiger partial charge on any atom is -0.489 e. The highest BCUT2D eigenvalue weighted by molar-refractivity contribution is 7.07. The fourth-order valence-corrected chi connectivity index (χ4v) is 2.07. The van der Waals surface area contributed by atoms with Crippen LogP contribution in [0.25, 0.3) is 0 Å². The highest BCUT2D eigenvalue weighted by atomic mass is 32.1. The Morgan fingerprint density at radius 1 is 1.20 bits per heavy atom. The lowest BCUT2D eigenvalue weighted by atomic mass is 10.1. The van der Waals surface area contributed by atoms with Gasteiger partial charge in [0.1, 0.15) is 12.4 Å². The van der Waals surface area contributed by atoms with E-state index in [0.29, 0.717) is 6.61 Å². The van der Waals surface area contributed by atoms with E-state index in [1.54, 1.807) is 11.3 Å². The standard InChI is InChI=1S/C13H14OS/c1-10-4-3-5-13(11(10)2)14-8-12-6-7-15-9-12/h3-7,9H,8H2,1-2H3. The van der Waals surface area contributed by atoms with Gasteiger partial charge in [0.2, 0.25) is 0 Å². The molecule has 0 fully saturated rings. The number of benzene rings is 1. The Kier molecular flexibility index (Phi) is 3.07. The summed E-state index contributed by atoms with van der Waals surface area (Å²) < 4.78 is 5.77. The first-order valence-corrected chi connectivity index (χ1v) is 5.92. The molecule has 0 unspecified atom stereocenters. The molecule has 1 heterocycles. The van der Waals surface area contributed by atoms with Gasteiger partial charge in [0, 0.05) is 0 Å². The SMILES string of the molecule is Cc1cccc(OCc2ccsc2)c1C. The van der Waals surface area contributed by atoms with Crippen LogP contribution >= 0.6 is 11.3 Å². The zero-order valence-electron chi connectivity index (χ0n) is 8.99. The molecule has 0 atom stereocenters. The van der Waals surface area contributed by atoms with Crippen LogP contribution in [0.3, 0.4) is 0 Å². The fourth-order valence-electron chi connectivity index (χ4n) is 1.42. The van der Waals surface area contributed by atoms with Crippen molar-refractivity contribution in [2.24, 2.45) is 0 Å². The second kappa shape index (κ2) is 4.49. The van der Waals surface area contributed by atoms with Crippen molar-refractivity contribution in [3.8, 4) is 5.75 Å². The number of rotatable bonds is 3. The molecule has 0 aliphatic carbocycles. The van der Waals surface area contributed by atoms with E-state index in [1.165, 1.54) is 16.7 Å². The molecule has 0 radical (unpaired) electrons. The summed E-state index contributed by atoms with van der Waals surface area (Å²) in [5, 5.41) is 4.19. The highest BCUT2D eigenvalue weighted by Crippen LogP contribution is 2.21. The van der Waals surface area contributed by atoms with Crippen molar-refractivity contribution in [1.29, 1.82) is 0 Å². The third kappa shape index (κ3) is 2.39. The maximum atomic E-state index is 5.77. The van der Waals surface area contributed by atoms with E-state index in [1.807, 2.05) is 12.1 Å². The van der Waals surface area contributed by atoms with E-state index < -0.39 is 0 Å². The van der Waals surface area contributed by atoms with Crippen LogP contribution in [0.5, 0.6) is 5.75 Å². The van der Waals surface area contributed by atoms with E-state index in [9.17, 15) is 0 Å². The first-order valence-electron chi connectivity index (χ1n) is 4.97. The molecule has 1 aromatic carbocycles. The zero-order chi connectivity index (χ0) is 10.7. The van der Waals surface area contributed by atoms with E-state index in [2.05, 4.69) is 36.7 Å². The molecule has 78 valence electrons. The third-order valence-corrected chi connectivity index (χ3v) is 3.26. The summed E-state index contributed by atoms with van der Waals surface area (Å²) in [6, 6.07) is 8.25. The molecule has 0 spiro atoms. The van der Waals surface area contributed by atoms with E-state index in [0.717, 1.165) is 5.75 Å². The Morgan fingerprint density at radius 3 is 2.80 bits per heavy atom. The monoisotopic (exact) mass is 218 g/mol. The summed E-state index contributed by atoms with van der Waals surface area (Å²) in [7, 11) is 0. The molecule has 0 aliphatic heterocycles. The Balaban J connectivity index is 2.08. The first-order chi connectivity index (χ1) is 7.27. The largest absolute Gasteiger partial charge is 0.489 e. The molecule has 0 amide bonds. The normalized spacial score (nSPS) is 10.3. The molecular formula is C13H14OS. The zero-order valence-corrected chi connectivity index (χ0v) is 9.80. The van der Waals surface area contributed by atoms with E-state index in [4.69, 9.17) is 4.74 Å². The van der Waals surface area contributed by atoms with Gasteiger partial charge < -0.3 is 4.74 Å². The lowest BCUT2D eigenvalue weighted by molar-refractivity contribution is 0.304. The summed E-state index contributed by atoms with van der Waals surface area (Å²) in [5.41, 5.74) is 3.74. The van der Waals surface area contributed by atoms with Gasteiger partial charge in [-0.15, -0.1) is 0 Å². The van der Waals surface area contributed by atoms with Crippen LogP contribution < -0.4 is 4.74 Å². The number of hydrogen-bond donors (Lipinski definition) is 0. The highest BCUT2D eigenvalue weighted by Gasteiger charge is 2.01. The quantitative estimate of drug-likeness (QED) is 0.758. The summed E-state index contributed by atoms with van der Waals surface area (Å²) in [4.78, 5) is 0.